The lowest BCUT2D eigenvalue weighted by Crippen LogP contribution is -2.15. The highest BCUT2D eigenvalue weighted by Crippen LogP contribution is 2.15. The molecule has 19 heavy (non-hydrogen) atoms. The predicted molar refractivity (Wildman–Crippen MR) is 67.7 cm³/mol. The van der Waals surface area contributed by atoms with Gasteiger partial charge in [0.15, 0.2) is 0 Å². The minimum Gasteiger partial charge on any atom is -0.397 e. The smallest absolute Gasteiger partial charge is 0.259 e. The number of aromatic nitrogens is 1. The standard InChI is InChI=1S/C13H11F2N3O/c1-7-4-12(17-6-11(7)16)18-13(19)9-5-8(14)2-3-10(9)15/h2-6H,16H2,1H3,(H,17,18,19). The number of rotatable bonds is 2. The Bertz CT molecular complexity index is 644. The fraction of sp³-hybridized carbons (Fsp3) is 0.0769. The van der Waals surface area contributed by atoms with Gasteiger partial charge in [0.2, 0.25) is 0 Å². The topological polar surface area (TPSA) is 68.0 Å². The first-order chi connectivity index (χ1) is 8.97. The Morgan fingerprint density at radius 2 is 2.05 bits per heavy atom. The van der Waals surface area contributed by atoms with E-state index in [1.165, 1.54) is 6.20 Å². The van der Waals surface area contributed by atoms with E-state index in [-0.39, 0.29) is 11.4 Å². The Morgan fingerprint density at radius 3 is 2.74 bits per heavy atom. The molecule has 0 radical (unpaired) electrons. The van der Waals surface area contributed by atoms with Crippen molar-refractivity contribution in [2.24, 2.45) is 0 Å². The molecule has 0 saturated heterocycles. The zero-order valence-electron chi connectivity index (χ0n) is 10.1. The van der Waals surface area contributed by atoms with Gasteiger partial charge in [0, 0.05) is 0 Å². The number of nitrogens with two attached hydrogens (primary N) is 1. The molecule has 2 rings (SSSR count). The number of halogens is 2. The molecule has 98 valence electrons. The summed E-state index contributed by atoms with van der Waals surface area (Å²) in [5.41, 5.74) is 6.42. The van der Waals surface area contributed by atoms with Gasteiger partial charge in [0.05, 0.1) is 17.4 Å². The number of hydrogen-bond donors (Lipinski definition) is 2. The number of aryl methyl sites for hydroxylation is 1. The first kappa shape index (κ1) is 12.9. The molecule has 0 atom stereocenters. The summed E-state index contributed by atoms with van der Waals surface area (Å²) in [5, 5.41) is 2.38. The summed E-state index contributed by atoms with van der Waals surface area (Å²) in [7, 11) is 0. The summed E-state index contributed by atoms with van der Waals surface area (Å²) in [5.74, 6) is -2.03. The number of benzene rings is 1. The third kappa shape index (κ3) is 2.85. The van der Waals surface area contributed by atoms with E-state index in [1.807, 2.05) is 0 Å². The number of nitrogens with one attached hydrogen (secondary N) is 1. The Labute approximate surface area is 108 Å². The van der Waals surface area contributed by atoms with Crippen LogP contribution >= 0.6 is 0 Å². The summed E-state index contributed by atoms with van der Waals surface area (Å²) < 4.78 is 26.4. The Balaban J connectivity index is 2.25. The number of amides is 1. The molecule has 1 aromatic carbocycles. The number of carbonyl (C=O) groups is 1. The Hall–Kier alpha value is -2.50. The zero-order chi connectivity index (χ0) is 14.0. The van der Waals surface area contributed by atoms with Gasteiger partial charge in [0.1, 0.15) is 17.5 Å². The molecule has 0 aliphatic rings. The van der Waals surface area contributed by atoms with Crippen molar-refractivity contribution in [3.63, 3.8) is 0 Å². The molecule has 1 aromatic heterocycles. The van der Waals surface area contributed by atoms with Crippen molar-refractivity contribution in [2.75, 3.05) is 11.1 Å². The maximum atomic E-state index is 13.4. The Kier molecular flexibility index (Phi) is 3.41. The number of pyridine rings is 1. The third-order valence-corrected chi connectivity index (χ3v) is 2.57. The van der Waals surface area contributed by atoms with Crippen molar-refractivity contribution in [2.45, 2.75) is 6.92 Å². The second-order valence-corrected chi connectivity index (χ2v) is 4.00. The fourth-order valence-corrected chi connectivity index (χ4v) is 1.49. The van der Waals surface area contributed by atoms with E-state index in [2.05, 4.69) is 10.3 Å². The summed E-state index contributed by atoms with van der Waals surface area (Å²) in [6.07, 6.45) is 1.38. The van der Waals surface area contributed by atoms with E-state index in [9.17, 15) is 13.6 Å². The van der Waals surface area contributed by atoms with Gasteiger partial charge in [-0.25, -0.2) is 13.8 Å². The maximum absolute atomic E-state index is 13.4. The van der Waals surface area contributed by atoms with Crippen LogP contribution in [0.25, 0.3) is 0 Å². The van der Waals surface area contributed by atoms with Gasteiger partial charge in [-0.05, 0) is 36.8 Å². The van der Waals surface area contributed by atoms with Gasteiger partial charge >= 0.3 is 0 Å². The molecule has 1 heterocycles. The summed E-state index contributed by atoms with van der Waals surface area (Å²) >= 11 is 0. The van der Waals surface area contributed by atoms with Crippen LogP contribution in [0.15, 0.2) is 30.5 Å². The van der Waals surface area contributed by atoms with Crippen molar-refractivity contribution in [3.05, 3.63) is 53.2 Å². The largest absolute Gasteiger partial charge is 0.397 e. The lowest BCUT2D eigenvalue weighted by atomic mass is 10.2. The molecule has 0 aliphatic heterocycles. The first-order valence-corrected chi connectivity index (χ1v) is 5.46. The molecule has 1 amide bonds. The Morgan fingerprint density at radius 1 is 1.32 bits per heavy atom. The number of nitrogen functional groups attached to an aromatic ring is 1. The van der Waals surface area contributed by atoms with Crippen LogP contribution in [0.3, 0.4) is 0 Å². The molecule has 2 aromatic rings. The van der Waals surface area contributed by atoms with E-state index in [1.54, 1.807) is 13.0 Å². The van der Waals surface area contributed by atoms with Gasteiger partial charge in [-0.3, -0.25) is 4.79 Å². The molecule has 0 fully saturated rings. The number of carbonyl (C=O) groups excluding carboxylic acids is 1. The van der Waals surface area contributed by atoms with Gasteiger partial charge in [-0.15, -0.1) is 0 Å². The van der Waals surface area contributed by atoms with Crippen LogP contribution < -0.4 is 11.1 Å². The molecule has 4 nitrogen and oxygen atoms in total. The van der Waals surface area contributed by atoms with E-state index < -0.39 is 17.5 Å². The molecule has 0 unspecified atom stereocenters. The molecule has 0 aliphatic carbocycles. The van der Waals surface area contributed by atoms with Crippen molar-refractivity contribution in [3.8, 4) is 0 Å². The molecule has 0 bridgehead atoms. The second kappa shape index (κ2) is 5.01. The van der Waals surface area contributed by atoms with Crippen molar-refractivity contribution >= 4 is 17.4 Å². The van der Waals surface area contributed by atoms with Crippen molar-refractivity contribution in [1.29, 1.82) is 0 Å². The van der Waals surface area contributed by atoms with Crippen LogP contribution in [-0.4, -0.2) is 10.9 Å². The van der Waals surface area contributed by atoms with Crippen LogP contribution in [0.1, 0.15) is 15.9 Å². The van der Waals surface area contributed by atoms with Crippen LogP contribution in [0, 0.1) is 18.6 Å². The van der Waals surface area contributed by atoms with Crippen LogP contribution in [0.5, 0.6) is 0 Å². The quantitative estimate of drug-likeness (QED) is 0.874. The average Bonchev–Trinajstić information content (AvgIpc) is 2.36. The lowest BCUT2D eigenvalue weighted by molar-refractivity contribution is 0.102. The number of nitrogens with zero attached hydrogens (tertiary/aromatic N) is 1. The van der Waals surface area contributed by atoms with Gasteiger partial charge in [-0.1, -0.05) is 0 Å². The monoisotopic (exact) mass is 263 g/mol. The van der Waals surface area contributed by atoms with Crippen molar-refractivity contribution in [1.82, 2.24) is 4.98 Å². The summed E-state index contributed by atoms with van der Waals surface area (Å²) in [6, 6.07) is 4.21. The van der Waals surface area contributed by atoms with Crippen LogP contribution in [-0.2, 0) is 0 Å². The number of hydrogen-bond acceptors (Lipinski definition) is 3. The normalized spacial score (nSPS) is 10.3. The first-order valence-electron chi connectivity index (χ1n) is 5.46. The van der Waals surface area contributed by atoms with Crippen LogP contribution in [0.4, 0.5) is 20.3 Å². The van der Waals surface area contributed by atoms with Crippen molar-refractivity contribution < 1.29 is 13.6 Å². The predicted octanol–water partition coefficient (Wildman–Crippen LogP) is 2.50. The van der Waals surface area contributed by atoms with E-state index in [4.69, 9.17) is 5.73 Å². The van der Waals surface area contributed by atoms with E-state index in [0.717, 1.165) is 23.8 Å². The highest BCUT2D eigenvalue weighted by Gasteiger charge is 2.13. The van der Waals surface area contributed by atoms with Crippen LogP contribution in [0.2, 0.25) is 0 Å². The molecular formula is C13H11F2N3O. The highest BCUT2D eigenvalue weighted by molar-refractivity contribution is 6.04. The van der Waals surface area contributed by atoms with Gasteiger partial charge in [0.25, 0.3) is 5.91 Å². The number of anilines is 2. The second-order valence-electron chi connectivity index (χ2n) is 4.00. The molecular weight excluding hydrogens is 252 g/mol. The van der Waals surface area contributed by atoms with E-state index >= 15 is 0 Å². The molecule has 0 spiro atoms. The third-order valence-electron chi connectivity index (χ3n) is 2.57. The van der Waals surface area contributed by atoms with Gasteiger partial charge < -0.3 is 11.1 Å². The minimum atomic E-state index is -0.800. The SMILES string of the molecule is Cc1cc(NC(=O)c2cc(F)ccc2F)ncc1N. The van der Waals surface area contributed by atoms with Gasteiger partial charge in [-0.2, -0.15) is 0 Å². The fourth-order valence-electron chi connectivity index (χ4n) is 1.49. The van der Waals surface area contributed by atoms with E-state index in [0.29, 0.717) is 5.69 Å². The summed E-state index contributed by atoms with van der Waals surface area (Å²) in [4.78, 5) is 15.7. The molecule has 6 heteroatoms. The molecule has 0 saturated carbocycles. The highest BCUT2D eigenvalue weighted by atomic mass is 19.1. The lowest BCUT2D eigenvalue weighted by Gasteiger charge is -2.07. The minimum absolute atomic E-state index is 0.223. The molecule has 3 N–H and O–H groups in total. The maximum Gasteiger partial charge on any atom is 0.259 e. The zero-order valence-corrected chi connectivity index (χ0v) is 10.1. The summed E-state index contributed by atoms with van der Waals surface area (Å²) in [6.45, 7) is 1.75. The average molecular weight is 263 g/mol.